The van der Waals surface area contributed by atoms with Crippen LogP contribution in [-0.4, -0.2) is 31.1 Å². The molecule has 1 N–H and O–H groups in total. The maximum absolute atomic E-state index is 12.2. The fourth-order valence-electron chi connectivity index (χ4n) is 2.07. The lowest BCUT2D eigenvalue weighted by atomic mass is 9.93. The molecule has 24 heavy (non-hydrogen) atoms. The van der Waals surface area contributed by atoms with Gasteiger partial charge in [-0.2, -0.15) is 0 Å². The number of benzene rings is 1. The number of nitrogens with zero attached hydrogens (tertiary/aromatic N) is 5. The molecule has 0 saturated heterocycles. The van der Waals surface area contributed by atoms with Crippen LogP contribution < -0.4 is 5.32 Å². The summed E-state index contributed by atoms with van der Waals surface area (Å²) < 4.78 is 1.56. The van der Waals surface area contributed by atoms with Crippen LogP contribution in [0.15, 0.2) is 36.0 Å². The predicted molar refractivity (Wildman–Crippen MR) is 92.3 cm³/mol. The Hall–Kier alpha value is -2.61. The summed E-state index contributed by atoms with van der Waals surface area (Å²) in [7, 11) is 0. The second-order valence-corrected chi connectivity index (χ2v) is 7.29. The number of nitrogens with one attached hydrogen (secondary N) is 1. The first-order valence-electron chi connectivity index (χ1n) is 7.50. The van der Waals surface area contributed by atoms with E-state index in [1.54, 1.807) is 4.68 Å². The van der Waals surface area contributed by atoms with E-state index < -0.39 is 0 Å². The predicted octanol–water partition coefficient (Wildman–Crippen LogP) is 2.60. The van der Waals surface area contributed by atoms with Crippen LogP contribution in [0, 0.1) is 0 Å². The highest BCUT2D eigenvalue weighted by molar-refractivity contribution is 7.13. The Labute approximate surface area is 143 Å². The number of thiazole rings is 1. The van der Waals surface area contributed by atoms with E-state index >= 15 is 0 Å². The second kappa shape index (κ2) is 6.48. The van der Waals surface area contributed by atoms with Crippen LogP contribution in [0.4, 0.5) is 5.13 Å². The van der Waals surface area contributed by atoms with Crippen molar-refractivity contribution >= 4 is 22.4 Å². The smallest absolute Gasteiger partial charge is 0.230 e. The molecule has 8 heteroatoms. The summed E-state index contributed by atoms with van der Waals surface area (Å²) in [6.45, 7) is 6.29. The highest BCUT2D eigenvalue weighted by Crippen LogP contribution is 2.26. The number of aromatic nitrogens is 5. The zero-order valence-electron chi connectivity index (χ0n) is 13.7. The van der Waals surface area contributed by atoms with Crippen molar-refractivity contribution in [3.05, 3.63) is 47.2 Å². The zero-order chi connectivity index (χ0) is 17.2. The molecule has 7 nitrogen and oxygen atoms in total. The molecule has 1 amide bonds. The van der Waals surface area contributed by atoms with Gasteiger partial charge in [0.25, 0.3) is 0 Å². The molecule has 0 unspecified atom stereocenters. The second-order valence-electron chi connectivity index (χ2n) is 6.43. The third kappa shape index (κ3) is 3.83. The van der Waals surface area contributed by atoms with Crippen molar-refractivity contribution in [3.63, 3.8) is 0 Å². The van der Waals surface area contributed by atoms with Gasteiger partial charge in [0.1, 0.15) is 6.33 Å². The molecule has 0 aliphatic heterocycles. The number of tetrazole rings is 1. The van der Waals surface area contributed by atoms with Crippen LogP contribution in [0.5, 0.6) is 0 Å². The largest absolute Gasteiger partial charge is 0.302 e. The molecule has 2 aromatic heterocycles. The third-order valence-corrected chi connectivity index (χ3v) is 4.19. The van der Waals surface area contributed by atoms with Gasteiger partial charge in [0.05, 0.1) is 17.8 Å². The minimum Gasteiger partial charge on any atom is -0.302 e. The van der Waals surface area contributed by atoms with Crippen molar-refractivity contribution in [1.29, 1.82) is 0 Å². The third-order valence-electron chi connectivity index (χ3n) is 3.43. The van der Waals surface area contributed by atoms with E-state index in [4.69, 9.17) is 0 Å². The molecule has 2 heterocycles. The molecular formula is C16H18N6OS. The summed E-state index contributed by atoms with van der Waals surface area (Å²) in [5.41, 5.74) is 2.72. The maximum atomic E-state index is 12.2. The molecule has 0 radical (unpaired) electrons. The highest BCUT2D eigenvalue weighted by atomic mass is 32.1. The van der Waals surface area contributed by atoms with Crippen molar-refractivity contribution in [1.82, 2.24) is 25.2 Å². The summed E-state index contributed by atoms with van der Waals surface area (Å²) in [5, 5.41) is 16.5. The molecule has 0 aliphatic carbocycles. The van der Waals surface area contributed by atoms with E-state index in [1.165, 1.54) is 17.7 Å². The van der Waals surface area contributed by atoms with Crippen molar-refractivity contribution < 1.29 is 4.79 Å². The molecule has 0 bridgehead atoms. The van der Waals surface area contributed by atoms with Crippen molar-refractivity contribution in [3.8, 4) is 5.69 Å². The minimum absolute atomic E-state index is 0.0223. The molecule has 0 fully saturated rings. The molecule has 0 aliphatic rings. The summed E-state index contributed by atoms with van der Waals surface area (Å²) in [6, 6.07) is 7.53. The Bertz CT molecular complexity index is 817. The van der Waals surface area contributed by atoms with E-state index in [9.17, 15) is 4.79 Å². The lowest BCUT2D eigenvalue weighted by Crippen LogP contribution is -2.15. The number of hydrogen-bond acceptors (Lipinski definition) is 6. The van der Waals surface area contributed by atoms with Gasteiger partial charge >= 0.3 is 0 Å². The Morgan fingerprint density at radius 1 is 1.25 bits per heavy atom. The number of carbonyl (C=O) groups is 1. The van der Waals surface area contributed by atoms with E-state index in [0.29, 0.717) is 11.6 Å². The topological polar surface area (TPSA) is 85.6 Å². The first kappa shape index (κ1) is 16.3. The van der Waals surface area contributed by atoms with Gasteiger partial charge in [-0.15, -0.1) is 16.4 Å². The first-order chi connectivity index (χ1) is 11.4. The Morgan fingerprint density at radius 3 is 2.58 bits per heavy atom. The zero-order valence-corrected chi connectivity index (χ0v) is 14.5. The first-order valence-corrected chi connectivity index (χ1v) is 8.38. The fraction of sp³-hybridized carbons (Fsp3) is 0.312. The molecule has 124 valence electrons. The number of rotatable bonds is 4. The van der Waals surface area contributed by atoms with Gasteiger partial charge in [-0.05, 0) is 28.1 Å². The number of carbonyl (C=O) groups excluding carboxylic acids is 1. The Morgan fingerprint density at radius 2 is 2.00 bits per heavy atom. The normalized spacial score (nSPS) is 11.5. The summed E-state index contributed by atoms with van der Waals surface area (Å²) >= 11 is 1.45. The van der Waals surface area contributed by atoms with Gasteiger partial charge in [-0.25, -0.2) is 9.67 Å². The number of anilines is 1. The lowest BCUT2D eigenvalue weighted by Gasteiger charge is -2.14. The van der Waals surface area contributed by atoms with Crippen LogP contribution in [0.3, 0.4) is 0 Å². The summed E-state index contributed by atoms with van der Waals surface area (Å²) in [5.74, 6) is -0.0834. The van der Waals surface area contributed by atoms with Gasteiger partial charge in [0, 0.05) is 10.8 Å². The average molecular weight is 342 g/mol. The van der Waals surface area contributed by atoms with E-state index in [1.807, 2.05) is 29.6 Å². The maximum Gasteiger partial charge on any atom is 0.230 e. The molecule has 3 aromatic rings. The summed E-state index contributed by atoms with van der Waals surface area (Å²) in [4.78, 5) is 16.6. The van der Waals surface area contributed by atoms with Gasteiger partial charge in [-0.1, -0.05) is 32.9 Å². The van der Waals surface area contributed by atoms with Gasteiger partial charge in [-0.3, -0.25) is 4.79 Å². The quantitative estimate of drug-likeness (QED) is 0.787. The highest BCUT2D eigenvalue weighted by Gasteiger charge is 2.18. The van der Waals surface area contributed by atoms with Crippen molar-refractivity contribution in [2.45, 2.75) is 32.6 Å². The Kier molecular flexibility index (Phi) is 4.39. The van der Waals surface area contributed by atoms with Gasteiger partial charge < -0.3 is 5.32 Å². The van der Waals surface area contributed by atoms with E-state index in [-0.39, 0.29) is 11.3 Å². The fourth-order valence-corrected chi connectivity index (χ4v) is 3.02. The number of hydrogen-bond donors (Lipinski definition) is 1. The van der Waals surface area contributed by atoms with Crippen LogP contribution in [-0.2, 0) is 16.6 Å². The average Bonchev–Trinajstić information content (AvgIpc) is 3.18. The standard InChI is InChI=1S/C16H18N6OS/c1-16(2,3)13-9-24-15(18-13)19-14(23)8-11-4-6-12(7-5-11)22-10-17-20-21-22/h4-7,9-10H,8H2,1-3H3,(H,18,19,23). The van der Waals surface area contributed by atoms with Crippen LogP contribution in [0.2, 0.25) is 0 Å². The van der Waals surface area contributed by atoms with E-state index in [2.05, 4.69) is 46.6 Å². The van der Waals surface area contributed by atoms with Crippen LogP contribution in [0.1, 0.15) is 32.0 Å². The van der Waals surface area contributed by atoms with E-state index in [0.717, 1.165) is 16.9 Å². The molecule has 0 saturated carbocycles. The molecular weight excluding hydrogens is 324 g/mol. The van der Waals surface area contributed by atoms with Crippen molar-refractivity contribution in [2.24, 2.45) is 0 Å². The Balaban J connectivity index is 1.61. The molecule has 0 spiro atoms. The minimum atomic E-state index is -0.0834. The van der Waals surface area contributed by atoms with Crippen LogP contribution in [0.25, 0.3) is 5.69 Å². The molecule has 3 rings (SSSR count). The van der Waals surface area contributed by atoms with Gasteiger partial charge in [0.2, 0.25) is 5.91 Å². The molecule has 0 atom stereocenters. The van der Waals surface area contributed by atoms with Crippen molar-refractivity contribution in [2.75, 3.05) is 5.32 Å². The molecule has 1 aromatic carbocycles. The van der Waals surface area contributed by atoms with Crippen LogP contribution >= 0.6 is 11.3 Å². The lowest BCUT2D eigenvalue weighted by molar-refractivity contribution is -0.115. The summed E-state index contributed by atoms with van der Waals surface area (Å²) in [6.07, 6.45) is 1.82. The number of amides is 1. The monoisotopic (exact) mass is 342 g/mol. The SMILES string of the molecule is CC(C)(C)c1csc(NC(=O)Cc2ccc(-n3cnnn3)cc2)n1. The van der Waals surface area contributed by atoms with Gasteiger partial charge in [0.15, 0.2) is 5.13 Å².